The van der Waals surface area contributed by atoms with Crippen molar-refractivity contribution in [3.05, 3.63) is 18.0 Å². The zero-order valence-corrected chi connectivity index (χ0v) is 11.7. The Morgan fingerprint density at radius 3 is 2.42 bits per heavy atom. The lowest BCUT2D eigenvalue weighted by Crippen LogP contribution is -2.25. The standard InChI is InChI=1S/C14H21N5/c1-11(2)14-16-15-12-7-8-13(17-19(12)14)18-9-5-3-4-6-10-18/h7-8,11H,3-6,9-10H2,1-2H3. The summed E-state index contributed by atoms with van der Waals surface area (Å²) in [7, 11) is 0. The number of hydrogen-bond acceptors (Lipinski definition) is 4. The monoisotopic (exact) mass is 259 g/mol. The predicted molar refractivity (Wildman–Crippen MR) is 75.6 cm³/mol. The maximum Gasteiger partial charge on any atom is 0.178 e. The summed E-state index contributed by atoms with van der Waals surface area (Å²) in [4.78, 5) is 2.39. The van der Waals surface area contributed by atoms with Gasteiger partial charge in [-0.2, -0.15) is 4.52 Å². The molecule has 102 valence electrons. The topological polar surface area (TPSA) is 46.3 Å². The van der Waals surface area contributed by atoms with Gasteiger partial charge in [-0.05, 0) is 25.0 Å². The highest BCUT2D eigenvalue weighted by Gasteiger charge is 2.15. The van der Waals surface area contributed by atoms with Crippen molar-refractivity contribution in [2.75, 3.05) is 18.0 Å². The summed E-state index contributed by atoms with van der Waals surface area (Å²) in [6, 6.07) is 4.09. The summed E-state index contributed by atoms with van der Waals surface area (Å²) in [6.07, 6.45) is 5.20. The minimum absolute atomic E-state index is 0.335. The van der Waals surface area contributed by atoms with E-state index in [1.165, 1.54) is 25.7 Å². The molecule has 0 spiro atoms. The number of rotatable bonds is 2. The van der Waals surface area contributed by atoms with Gasteiger partial charge in [0.2, 0.25) is 0 Å². The lowest BCUT2D eigenvalue weighted by atomic mass is 10.2. The van der Waals surface area contributed by atoms with Crippen molar-refractivity contribution >= 4 is 11.5 Å². The van der Waals surface area contributed by atoms with Crippen LogP contribution in [-0.4, -0.2) is 32.9 Å². The molecule has 0 atom stereocenters. The fourth-order valence-corrected chi connectivity index (χ4v) is 2.62. The van der Waals surface area contributed by atoms with Gasteiger partial charge in [-0.25, -0.2) is 0 Å². The Morgan fingerprint density at radius 1 is 1.00 bits per heavy atom. The lowest BCUT2D eigenvalue weighted by Gasteiger charge is -2.21. The third-order valence-corrected chi connectivity index (χ3v) is 3.72. The fourth-order valence-electron chi connectivity index (χ4n) is 2.62. The average Bonchev–Trinajstić information content (AvgIpc) is 2.64. The molecule has 1 saturated heterocycles. The summed E-state index contributed by atoms with van der Waals surface area (Å²) >= 11 is 0. The Morgan fingerprint density at radius 2 is 1.74 bits per heavy atom. The van der Waals surface area contributed by atoms with Crippen LogP contribution in [0, 0.1) is 0 Å². The van der Waals surface area contributed by atoms with Crippen LogP contribution in [-0.2, 0) is 0 Å². The van der Waals surface area contributed by atoms with Gasteiger partial charge in [0.15, 0.2) is 11.5 Å². The van der Waals surface area contributed by atoms with Gasteiger partial charge in [0.1, 0.15) is 5.82 Å². The summed E-state index contributed by atoms with van der Waals surface area (Å²) in [5.41, 5.74) is 0.835. The quantitative estimate of drug-likeness (QED) is 0.831. The van der Waals surface area contributed by atoms with Crippen LogP contribution in [0.5, 0.6) is 0 Å². The van der Waals surface area contributed by atoms with Crippen LogP contribution >= 0.6 is 0 Å². The largest absolute Gasteiger partial charge is 0.355 e. The molecule has 0 bridgehead atoms. The first-order chi connectivity index (χ1) is 9.25. The summed E-state index contributed by atoms with van der Waals surface area (Å²) in [6.45, 7) is 6.46. The number of anilines is 1. The minimum Gasteiger partial charge on any atom is -0.355 e. The Hall–Kier alpha value is -1.65. The SMILES string of the molecule is CC(C)c1nnc2ccc(N3CCCCCC3)nn12. The molecule has 0 saturated carbocycles. The van der Waals surface area contributed by atoms with Gasteiger partial charge >= 0.3 is 0 Å². The van der Waals surface area contributed by atoms with Crippen molar-refractivity contribution < 1.29 is 0 Å². The second-order valence-corrected chi connectivity index (χ2v) is 5.58. The molecule has 0 unspecified atom stereocenters. The van der Waals surface area contributed by atoms with E-state index in [9.17, 15) is 0 Å². The van der Waals surface area contributed by atoms with E-state index in [2.05, 4.69) is 35.0 Å². The molecule has 3 rings (SSSR count). The van der Waals surface area contributed by atoms with Crippen LogP contribution < -0.4 is 4.90 Å². The molecule has 1 fully saturated rings. The number of fused-ring (bicyclic) bond motifs is 1. The van der Waals surface area contributed by atoms with E-state index in [1.54, 1.807) is 0 Å². The Balaban J connectivity index is 1.97. The first-order valence-corrected chi connectivity index (χ1v) is 7.23. The summed E-state index contributed by atoms with van der Waals surface area (Å²) in [5, 5.41) is 13.1. The van der Waals surface area contributed by atoms with Gasteiger partial charge in [0, 0.05) is 19.0 Å². The van der Waals surface area contributed by atoms with Crippen LogP contribution in [0.15, 0.2) is 12.1 Å². The van der Waals surface area contributed by atoms with Crippen LogP contribution in [0.1, 0.15) is 51.3 Å². The molecule has 0 radical (unpaired) electrons. The molecule has 0 aliphatic carbocycles. The van der Waals surface area contributed by atoms with Crippen LogP contribution in [0.2, 0.25) is 0 Å². The third-order valence-electron chi connectivity index (χ3n) is 3.72. The Kier molecular flexibility index (Phi) is 3.36. The van der Waals surface area contributed by atoms with Gasteiger partial charge in [0.25, 0.3) is 0 Å². The average molecular weight is 259 g/mol. The normalized spacial score (nSPS) is 17.1. The molecule has 3 heterocycles. The van der Waals surface area contributed by atoms with Crippen molar-refractivity contribution in [1.82, 2.24) is 19.8 Å². The van der Waals surface area contributed by atoms with Gasteiger partial charge in [-0.15, -0.1) is 15.3 Å². The predicted octanol–water partition coefficient (Wildman–Crippen LogP) is 2.63. The molecule has 0 aromatic carbocycles. The smallest absolute Gasteiger partial charge is 0.178 e. The number of aromatic nitrogens is 4. The molecule has 2 aromatic rings. The molecule has 1 aliphatic heterocycles. The molecule has 2 aromatic heterocycles. The maximum atomic E-state index is 4.74. The molecule has 0 N–H and O–H groups in total. The van der Waals surface area contributed by atoms with Crippen molar-refractivity contribution in [3.63, 3.8) is 0 Å². The van der Waals surface area contributed by atoms with E-state index < -0.39 is 0 Å². The molecule has 0 amide bonds. The van der Waals surface area contributed by atoms with Crippen molar-refractivity contribution in [1.29, 1.82) is 0 Å². The molecule has 5 nitrogen and oxygen atoms in total. The highest BCUT2D eigenvalue weighted by atomic mass is 15.4. The Labute approximate surface area is 113 Å². The van der Waals surface area contributed by atoms with E-state index in [-0.39, 0.29) is 0 Å². The molecule has 1 aliphatic rings. The molecule has 5 heteroatoms. The molecular formula is C14H21N5. The van der Waals surface area contributed by atoms with Crippen molar-refractivity contribution in [2.24, 2.45) is 0 Å². The van der Waals surface area contributed by atoms with Crippen LogP contribution in [0.4, 0.5) is 5.82 Å². The van der Waals surface area contributed by atoms with Gasteiger partial charge in [0.05, 0.1) is 0 Å². The minimum atomic E-state index is 0.335. The number of hydrogen-bond donors (Lipinski definition) is 0. The van der Waals surface area contributed by atoms with Gasteiger partial charge < -0.3 is 4.90 Å². The maximum absolute atomic E-state index is 4.74. The second kappa shape index (κ2) is 5.15. The number of nitrogens with zero attached hydrogens (tertiary/aromatic N) is 5. The van der Waals surface area contributed by atoms with Gasteiger partial charge in [-0.3, -0.25) is 0 Å². The Bertz CT molecular complexity index is 552. The first kappa shape index (κ1) is 12.4. The van der Waals surface area contributed by atoms with Crippen LogP contribution in [0.25, 0.3) is 5.65 Å². The van der Waals surface area contributed by atoms with Crippen molar-refractivity contribution in [2.45, 2.75) is 45.4 Å². The van der Waals surface area contributed by atoms with E-state index in [1.807, 2.05) is 10.6 Å². The zero-order valence-electron chi connectivity index (χ0n) is 11.7. The van der Waals surface area contributed by atoms with Gasteiger partial charge in [-0.1, -0.05) is 26.7 Å². The fraction of sp³-hybridized carbons (Fsp3) is 0.643. The third kappa shape index (κ3) is 2.41. The van der Waals surface area contributed by atoms with E-state index in [0.717, 1.165) is 30.4 Å². The van der Waals surface area contributed by atoms with E-state index >= 15 is 0 Å². The second-order valence-electron chi connectivity index (χ2n) is 5.58. The summed E-state index contributed by atoms with van der Waals surface area (Å²) in [5.74, 6) is 2.32. The molecular weight excluding hydrogens is 238 g/mol. The highest BCUT2D eigenvalue weighted by molar-refractivity contribution is 5.46. The van der Waals surface area contributed by atoms with Crippen molar-refractivity contribution in [3.8, 4) is 0 Å². The summed E-state index contributed by atoms with van der Waals surface area (Å²) < 4.78 is 1.89. The molecule has 19 heavy (non-hydrogen) atoms. The first-order valence-electron chi connectivity index (χ1n) is 7.23. The van der Waals surface area contributed by atoms with E-state index in [4.69, 9.17) is 5.10 Å². The van der Waals surface area contributed by atoms with Crippen LogP contribution in [0.3, 0.4) is 0 Å². The zero-order chi connectivity index (χ0) is 13.2. The van der Waals surface area contributed by atoms with E-state index in [0.29, 0.717) is 5.92 Å². The highest BCUT2D eigenvalue weighted by Crippen LogP contribution is 2.19. The lowest BCUT2D eigenvalue weighted by molar-refractivity contribution is 0.704.